The summed E-state index contributed by atoms with van der Waals surface area (Å²) in [5.41, 5.74) is 1.89. The van der Waals surface area contributed by atoms with E-state index >= 15 is 0 Å². The van der Waals surface area contributed by atoms with Crippen LogP contribution < -0.4 is 5.32 Å². The van der Waals surface area contributed by atoms with Crippen molar-refractivity contribution < 1.29 is 4.79 Å². The van der Waals surface area contributed by atoms with Crippen LogP contribution in [0.25, 0.3) is 5.69 Å². The van der Waals surface area contributed by atoms with Crippen molar-refractivity contribution in [3.63, 3.8) is 0 Å². The first-order chi connectivity index (χ1) is 8.65. The van der Waals surface area contributed by atoms with Gasteiger partial charge in [-0.2, -0.15) is 5.10 Å². The maximum atomic E-state index is 11.9. The van der Waals surface area contributed by atoms with Crippen molar-refractivity contribution in [1.82, 2.24) is 15.1 Å². The number of hydrogen-bond acceptors (Lipinski definition) is 2. The van der Waals surface area contributed by atoms with Crippen molar-refractivity contribution >= 4 is 17.5 Å². The molecule has 1 amide bonds. The van der Waals surface area contributed by atoms with Crippen LogP contribution in [-0.2, 0) is 0 Å². The monoisotopic (exact) mass is 263 g/mol. The first-order valence-corrected chi connectivity index (χ1v) is 6.11. The molecule has 0 aliphatic rings. The Hall–Kier alpha value is -1.81. The first-order valence-electron chi connectivity index (χ1n) is 5.74. The van der Waals surface area contributed by atoms with Crippen LogP contribution in [0.5, 0.6) is 0 Å². The second-order valence-electron chi connectivity index (χ2n) is 3.86. The maximum absolute atomic E-state index is 11.9. The molecule has 0 unspecified atom stereocenters. The van der Waals surface area contributed by atoms with E-state index < -0.39 is 0 Å². The quantitative estimate of drug-likeness (QED) is 0.925. The normalized spacial score (nSPS) is 10.4. The van der Waals surface area contributed by atoms with Gasteiger partial charge >= 0.3 is 0 Å². The lowest BCUT2D eigenvalue weighted by molar-refractivity contribution is 0.0955. The Morgan fingerprint density at radius 3 is 2.67 bits per heavy atom. The first kappa shape index (κ1) is 12.6. The molecule has 0 saturated carbocycles. The summed E-state index contributed by atoms with van der Waals surface area (Å²) in [6, 6.07) is 9.49. The van der Waals surface area contributed by atoms with Gasteiger partial charge in [0.2, 0.25) is 0 Å². The van der Waals surface area contributed by atoms with Crippen molar-refractivity contribution in [3.8, 4) is 5.69 Å². The minimum Gasteiger partial charge on any atom is -0.352 e. The summed E-state index contributed by atoms with van der Waals surface area (Å²) >= 11 is 6.23. The van der Waals surface area contributed by atoms with Gasteiger partial charge in [0, 0.05) is 6.54 Å². The Kier molecular flexibility index (Phi) is 3.67. The highest BCUT2D eigenvalue weighted by atomic mass is 35.5. The van der Waals surface area contributed by atoms with Crippen LogP contribution in [-0.4, -0.2) is 22.2 Å². The van der Waals surface area contributed by atoms with Crippen LogP contribution in [0.2, 0.25) is 5.15 Å². The van der Waals surface area contributed by atoms with E-state index in [0.29, 0.717) is 23.0 Å². The second kappa shape index (κ2) is 5.23. The molecule has 0 fully saturated rings. The Bertz CT molecular complexity index is 563. The van der Waals surface area contributed by atoms with E-state index in [1.807, 2.05) is 37.3 Å². The number of nitrogens with zero attached hydrogens (tertiary/aromatic N) is 2. The number of para-hydroxylation sites is 1. The van der Waals surface area contributed by atoms with Gasteiger partial charge in [0.15, 0.2) is 0 Å². The zero-order valence-corrected chi connectivity index (χ0v) is 11.0. The molecule has 0 aliphatic carbocycles. The van der Waals surface area contributed by atoms with Crippen LogP contribution in [0, 0.1) is 6.92 Å². The second-order valence-corrected chi connectivity index (χ2v) is 4.22. The molecule has 0 atom stereocenters. The average molecular weight is 264 g/mol. The zero-order valence-electron chi connectivity index (χ0n) is 10.3. The van der Waals surface area contributed by atoms with Gasteiger partial charge in [0.05, 0.1) is 16.9 Å². The van der Waals surface area contributed by atoms with Gasteiger partial charge in [-0.3, -0.25) is 4.79 Å². The standard InChI is InChI=1S/C13H14ClN3O/c1-3-15-13(18)11-9(2)16-17(12(11)14)10-7-5-4-6-8-10/h4-8H,3H2,1-2H3,(H,15,18). The summed E-state index contributed by atoms with van der Waals surface area (Å²) in [6.07, 6.45) is 0. The molecule has 1 aromatic carbocycles. The molecule has 4 nitrogen and oxygen atoms in total. The number of rotatable bonds is 3. The number of nitrogens with one attached hydrogen (secondary N) is 1. The highest BCUT2D eigenvalue weighted by Gasteiger charge is 2.20. The van der Waals surface area contributed by atoms with Gasteiger partial charge in [-0.25, -0.2) is 4.68 Å². The summed E-state index contributed by atoms with van der Waals surface area (Å²) in [5, 5.41) is 7.38. The van der Waals surface area contributed by atoms with Gasteiger partial charge < -0.3 is 5.32 Å². The molecule has 1 aromatic heterocycles. The molecule has 0 saturated heterocycles. The lowest BCUT2D eigenvalue weighted by Crippen LogP contribution is -2.23. The third-order valence-electron chi connectivity index (χ3n) is 2.57. The van der Waals surface area contributed by atoms with Gasteiger partial charge in [-0.15, -0.1) is 0 Å². The van der Waals surface area contributed by atoms with E-state index in [-0.39, 0.29) is 5.91 Å². The van der Waals surface area contributed by atoms with Crippen molar-refractivity contribution in [2.24, 2.45) is 0 Å². The van der Waals surface area contributed by atoms with E-state index in [4.69, 9.17) is 11.6 Å². The smallest absolute Gasteiger partial charge is 0.256 e. The van der Waals surface area contributed by atoms with Gasteiger partial charge in [-0.1, -0.05) is 29.8 Å². The number of halogens is 1. The summed E-state index contributed by atoms with van der Waals surface area (Å²) < 4.78 is 1.57. The average Bonchev–Trinajstić information content (AvgIpc) is 2.66. The molecular weight excluding hydrogens is 250 g/mol. The molecular formula is C13H14ClN3O. The fourth-order valence-corrected chi connectivity index (χ4v) is 2.10. The Morgan fingerprint density at radius 1 is 1.39 bits per heavy atom. The van der Waals surface area contributed by atoms with Crippen LogP contribution in [0.15, 0.2) is 30.3 Å². The molecule has 2 rings (SSSR count). The summed E-state index contributed by atoms with van der Waals surface area (Å²) in [4.78, 5) is 11.9. The van der Waals surface area contributed by atoms with E-state index in [9.17, 15) is 4.79 Å². The third-order valence-corrected chi connectivity index (χ3v) is 2.92. The largest absolute Gasteiger partial charge is 0.352 e. The number of amides is 1. The fraction of sp³-hybridized carbons (Fsp3) is 0.231. The van der Waals surface area contributed by atoms with Crippen LogP contribution >= 0.6 is 11.6 Å². The van der Waals surface area contributed by atoms with E-state index in [1.165, 1.54) is 0 Å². The van der Waals surface area contributed by atoms with Crippen molar-refractivity contribution in [2.75, 3.05) is 6.54 Å². The van der Waals surface area contributed by atoms with Crippen molar-refractivity contribution in [3.05, 3.63) is 46.7 Å². The molecule has 1 heterocycles. The summed E-state index contributed by atoms with van der Waals surface area (Å²) in [5.74, 6) is -0.192. The predicted molar refractivity (Wildman–Crippen MR) is 71.3 cm³/mol. The lowest BCUT2D eigenvalue weighted by atomic mass is 10.2. The zero-order chi connectivity index (χ0) is 13.1. The van der Waals surface area contributed by atoms with Crippen molar-refractivity contribution in [1.29, 1.82) is 0 Å². The summed E-state index contributed by atoms with van der Waals surface area (Å²) in [6.45, 7) is 4.20. The minimum absolute atomic E-state index is 0.192. The molecule has 0 spiro atoms. The van der Waals surface area contributed by atoms with E-state index in [0.717, 1.165) is 5.69 Å². The highest BCUT2D eigenvalue weighted by molar-refractivity contribution is 6.33. The minimum atomic E-state index is -0.192. The molecule has 5 heteroatoms. The number of benzene rings is 1. The number of carbonyl (C=O) groups excluding carboxylic acids is 1. The Labute approximate surface area is 111 Å². The lowest BCUT2D eigenvalue weighted by Gasteiger charge is -2.03. The molecule has 0 bridgehead atoms. The van der Waals surface area contributed by atoms with Crippen LogP contribution in [0.3, 0.4) is 0 Å². The van der Waals surface area contributed by atoms with Gasteiger partial charge in [0.1, 0.15) is 5.15 Å². The number of hydrogen-bond donors (Lipinski definition) is 1. The predicted octanol–water partition coefficient (Wildman–Crippen LogP) is 2.58. The Balaban J connectivity index is 2.47. The molecule has 94 valence electrons. The molecule has 1 N–H and O–H groups in total. The van der Waals surface area contributed by atoms with Crippen LogP contribution in [0.1, 0.15) is 23.0 Å². The number of carbonyl (C=O) groups is 1. The van der Waals surface area contributed by atoms with E-state index in [1.54, 1.807) is 11.6 Å². The van der Waals surface area contributed by atoms with E-state index in [2.05, 4.69) is 10.4 Å². The Morgan fingerprint density at radius 2 is 2.06 bits per heavy atom. The molecule has 2 aromatic rings. The highest BCUT2D eigenvalue weighted by Crippen LogP contribution is 2.23. The summed E-state index contributed by atoms with van der Waals surface area (Å²) in [7, 11) is 0. The SMILES string of the molecule is CCNC(=O)c1c(C)nn(-c2ccccc2)c1Cl. The molecule has 0 aliphatic heterocycles. The number of aryl methyl sites for hydroxylation is 1. The van der Waals surface area contributed by atoms with Gasteiger partial charge in [0.25, 0.3) is 5.91 Å². The van der Waals surface area contributed by atoms with Crippen molar-refractivity contribution in [2.45, 2.75) is 13.8 Å². The topological polar surface area (TPSA) is 46.9 Å². The maximum Gasteiger partial charge on any atom is 0.256 e. The third kappa shape index (κ3) is 2.24. The number of aromatic nitrogens is 2. The van der Waals surface area contributed by atoms with Gasteiger partial charge in [-0.05, 0) is 26.0 Å². The fourth-order valence-electron chi connectivity index (χ4n) is 1.75. The molecule has 18 heavy (non-hydrogen) atoms. The molecule has 0 radical (unpaired) electrons. The van der Waals surface area contributed by atoms with Crippen LogP contribution in [0.4, 0.5) is 0 Å².